The summed E-state index contributed by atoms with van der Waals surface area (Å²) in [6, 6.07) is 15.2. The summed E-state index contributed by atoms with van der Waals surface area (Å²) in [5.74, 6) is 4.15. The van der Waals surface area contributed by atoms with Crippen molar-refractivity contribution in [3.8, 4) is 34.5 Å². The van der Waals surface area contributed by atoms with Crippen LogP contribution in [0.15, 0.2) is 103 Å². The predicted molar refractivity (Wildman–Crippen MR) is 281 cm³/mol. The first kappa shape index (κ1) is 54.1. The molecule has 370 valence electrons. The maximum Gasteiger partial charge on any atom is 0.253 e. The topological polar surface area (TPSA) is 82.2 Å². The lowest BCUT2D eigenvalue weighted by atomic mass is 9.86. The Morgan fingerprint density at radius 1 is 0.838 bits per heavy atom. The van der Waals surface area contributed by atoms with Crippen molar-refractivity contribution in [2.45, 2.75) is 110 Å². The first-order valence-electron chi connectivity index (χ1n) is 24.8. The van der Waals surface area contributed by atoms with Gasteiger partial charge in [-0.2, -0.15) is 0 Å². The molecule has 0 aromatic heterocycles. The van der Waals surface area contributed by atoms with E-state index in [9.17, 15) is 4.79 Å². The molecule has 0 aliphatic carbocycles. The molecule has 3 aromatic carbocycles. The summed E-state index contributed by atoms with van der Waals surface area (Å²) in [6.45, 7) is 15.9. The van der Waals surface area contributed by atoms with E-state index >= 15 is 0 Å². The molecule has 1 amide bonds. The number of amides is 1. The average molecular weight is 997 g/mol. The summed E-state index contributed by atoms with van der Waals surface area (Å²) in [5.41, 5.74) is 8.20. The number of unbranched alkanes of at least 4 members (excludes halogenated alkanes) is 4. The molecule has 10 nitrogen and oxygen atoms in total. The summed E-state index contributed by atoms with van der Waals surface area (Å²) in [5, 5.41) is 1.06. The molecule has 8 rings (SSSR count). The maximum atomic E-state index is 12.1. The van der Waals surface area contributed by atoms with E-state index in [2.05, 4.69) is 94.9 Å². The molecule has 0 radical (unpaired) electrons. The maximum absolute atomic E-state index is 12.1. The molecule has 3 aromatic rings. The zero-order chi connectivity index (χ0) is 49.0. The number of halogens is 1. The molecule has 5 heterocycles. The van der Waals surface area contributed by atoms with Crippen molar-refractivity contribution in [2.75, 3.05) is 73.6 Å². The molecule has 5 aliphatic heterocycles. The van der Waals surface area contributed by atoms with Crippen molar-refractivity contribution in [3.05, 3.63) is 131 Å². The van der Waals surface area contributed by atoms with E-state index in [-0.39, 0.29) is 24.1 Å². The zero-order valence-electron chi connectivity index (χ0n) is 42.4. The number of alkyl halides is 1. The van der Waals surface area contributed by atoms with Crippen molar-refractivity contribution < 1.29 is 33.2 Å². The number of methoxy groups -OCH3 is 3. The van der Waals surface area contributed by atoms with Crippen molar-refractivity contribution in [2.24, 2.45) is 0 Å². The minimum atomic E-state index is -0.218. The van der Waals surface area contributed by atoms with E-state index in [1.54, 1.807) is 27.4 Å². The lowest BCUT2D eigenvalue weighted by Gasteiger charge is -2.38. The number of fused-ring (bicyclic) bond motifs is 6. The van der Waals surface area contributed by atoms with Gasteiger partial charge < -0.3 is 33.3 Å². The lowest BCUT2D eigenvalue weighted by molar-refractivity contribution is -0.127. The van der Waals surface area contributed by atoms with Crippen LogP contribution in [0.1, 0.15) is 113 Å². The number of carbonyl (C=O) groups excluding carboxylic acids is 1. The van der Waals surface area contributed by atoms with Crippen LogP contribution in [-0.4, -0.2) is 100 Å². The van der Waals surface area contributed by atoms with E-state index in [1.165, 1.54) is 27.8 Å². The van der Waals surface area contributed by atoms with Gasteiger partial charge in [0.05, 0.1) is 27.9 Å². The van der Waals surface area contributed by atoms with Crippen LogP contribution in [0, 0.1) is 0 Å². The van der Waals surface area contributed by atoms with E-state index in [1.807, 2.05) is 63.0 Å². The second kappa shape index (κ2) is 28.0. The quantitative estimate of drug-likeness (QED) is 0.0792. The van der Waals surface area contributed by atoms with Gasteiger partial charge in [-0.25, -0.2) is 0 Å². The van der Waals surface area contributed by atoms with Crippen LogP contribution in [0.5, 0.6) is 34.5 Å². The standard InChI is InChI=1S/C53H67N3O7.C2H5Br.C2H6/c1-8-10-14-18-41-34-50(57)56(41)25-15-12-11-13-16-28-61-36-43-29-38(17-9-2)31-46-51-40(24-27-55(46)4)33-49(59-6)52(60-7)53(51)63-48-35-44-39(32-47(48)58-5)23-26-54(3)45(44)30-37-19-21-42(62-43)22-20-37;1-2-3;1-2/h8-10,14,17-22,32-35,43,45-46H,2,11-13,15-16,23-31,36H2,1,3-7H3;2H2,1H3;1-2H3/b10-8-,18-14-,38-17+;;. The summed E-state index contributed by atoms with van der Waals surface area (Å²) in [7, 11) is 9.47. The number of hydrogen-bond donors (Lipinski definition) is 0. The van der Waals surface area contributed by atoms with Crippen LogP contribution in [-0.2, 0) is 28.8 Å². The van der Waals surface area contributed by atoms with Crippen LogP contribution in [0.3, 0.4) is 0 Å². The molecule has 68 heavy (non-hydrogen) atoms. The zero-order valence-corrected chi connectivity index (χ0v) is 44.0. The Bertz CT molecular complexity index is 2220. The number of likely N-dealkylation sites (N-methyl/N-ethyl adjacent to an activating group) is 2. The molecule has 11 heteroatoms. The Labute approximate surface area is 416 Å². The smallest absolute Gasteiger partial charge is 0.253 e. The third kappa shape index (κ3) is 14.1. The molecule has 0 N–H and O–H groups in total. The van der Waals surface area contributed by atoms with Crippen LogP contribution in [0.2, 0.25) is 0 Å². The molecule has 0 saturated carbocycles. The molecule has 0 fully saturated rings. The van der Waals surface area contributed by atoms with Gasteiger partial charge in [-0.1, -0.05) is 111 Å². The fourth-order valence-electron chi connectivity index (χ4n) is 9.47. The minimum absolute atomic E-state index is 0.0338. The number of benzene rings is 3. The predicted octanol–water partition coefficient (Wildman–Crippen LogP) is 12.7. The molecular weight excluding hydrogens is 919 g/mol. The monoisotopic (exact) mass is 996 g/mol. The van der Waals surface area contributed by atoms with Gasteiger partial charge in [0.1, 0.15) is 11.9 Å². The van der Waals surface area contributed by atoms with Crippen molar-refractivity contribution in [1.29, 1.82) is 0 Å². The summed E-state index contributed by atoms with van der Waals surface area (Å²) in [4.78, 5) is 18.8. The Morgan fingerprint density at radius 2 is 1.51 bits per heavy atom. The van der Waals surface area contributed by atoms with Gasteiger partial charge in [0.15, 0.2) is 23.0 Å². The van der Waals surface area contributed by atoms with Gasteiger partial charge in [0.25, 0.3) is 5.91 Å². The third-order valence-electron chi connectivity index (χ3n) is 13.0. The Balaban J connectivity index is 0.00000166. The number of hydrogen-bond acceptors (Lipinski definition) is 9. The van der Waals surface area contributed by atoms with E-state index < -0.39 is 0 Å². The van der Waals surface area contributed by atoms with Crippen LogP contribution in [0.25, 0.3) is 0 Å². The summed E-state index contributed by atoms with van der Waals surface area (Å²) >= 11 is 3.15. The number of carbonyl (C=O) groups is 1. The molecule has 5 aliphatic rings. The molecule has 3 atom stereocenters. The fourth-order valence-corrected chi connectivity index (χ4v) is 9.47. The first-order valence-corrected chi connectivity index (χ1v) is 25.9. The van der Waals surface area contributed by atoms with E-state index in [4.69, 9.17) is 28.4 Å². The molecule has 4 bridgehead atoms. The van der Waals surface area contributed by atoms with Crippen LogP contribution >= 0.6 is 15.9 Å². The van der Waals surface area contributed by atoms with Gasteiger partial charge in [0, 0.05) is 67.4 Å². The highest BCUT2D eigenvalue weighted by Crippen LogP contribution is 2.52. The second-order valence-electron chi connectivity index (χ2n) is 17.4. The summed E-state index contributed by atoms with van der Waals surface area (Å²) in [6.07, 6.45) is 22.6. The average Bonchev–Trinajstić information content (AvgIpc) is 3.34. The Kier molecular flexibility index (Phi) is 22.3. The molecule has 0 spiro atoms. The summed E-state index contributed by atoms with van der Waals surface area (Å²) < 4.78 is 38.5. The largest absolute Gasteiger partial charge is 0.493 e. The molecule has 3 unspecified atom stereocenters. The number of rotatable bonds is 16. The number of ether oxygens (including phenoxy) is 6. The highest BCUT2D eigenvalue weighted by molar-refractivity contribution is 9.09. The second-order valence-corrected chi connectivity index (χ2v) is 18.5. The number of nitrogens with zero attached hydrogens (tertiary/aromatic N) is 3. The van der Waals surface area contributed by atoms with Crippen molar-refractivity contribution >= 4 is 21.8 Å². The SMILES string of the molecule is C=C/C=C1\CC(COCCCCCCCN2C(=O)C=C2/C=C\C=C/C)Oc2ccc(cc2)CC2c3cc(c(OC)cc3CCN2C)Oc2c(OC)c(OC)cc3c2C(C1)N(C)CC3.CC.CCBr. The Hall–Kier alpha value is -4.81. The third-order valence-corrected chi connectivity index (χ3v) is 13.0. The van der Waals surface area contributed by atoms with Gasteiger partial charge >= 0.3 is 0 Å². The Morgan fingerprint density at radius 3 is 2.19 bits per heavy atom. The first-order chi connectivity index (χ1) is 33.2. The highest BCUT2D eigenvalue weighted by Gasteiger charge is 2.35. The minimum Gasteiger partial charge on any atom is -0.493 e. The van der Waals surface area contributed by atoms with Gasteiger partial charge in [0.2, 0.25) is 5.75 Å². The van der Waals surface area contributed by atoms with Gasteiger partial charge in [-0.15, -0.1) is 0 Å². The van der Waals surface area contributed by atoms with Crippen LogP contribution in [0.4, 0.5) is 0 Å². The molecular formula is C57H78BrN3O7. The van der Waals surface area contributed by atoms with Crippen molar-refractivity contribution in [3.63, 3.8) is 0 Å². The van der Waals surface area contributed by atoms with E-state index in [0.717, 1.165) is 99.8 Å². The fraction of sp³-hybridized carbons (Fsp3) is 0.491. The highest BCUT2D eigenvalue weighted by atomic mass is 79.9. The number of allylic oxidation sites excluding steroid dienone is 6. The van der Waals surface area contributed by atoms with Gasteiger partial charge in [-0.3, -0.25) is 14.6 Å². The van der Waals surface area contributed by atoms with Gasteiger partial charge in [-0.05, 0) is 118 Å². The normalized spacial score (nSPS) is 19.8. The van der Waals surface area contributed by atoms with Crippen molar-refractivity contribution in [1.82, 2.24) is 14.7 Å². The van der Waals surface area contributed by atoms with E-state index in [0.29, 0.717) is 48.4 Å². The lowest BCUT2D eigenvalue weighted by Crippen LogP contribution is -2.37. The molecule has 0 saturated heterocycles. The van der Waals surface area contributed by atoms with Crippen LogP contribution < -0.4 is 23.7 Å².